The van der Waals surface area contributed by atoms with Crippen LogP contribution in [0.3, 0.4) is 0 Å². The van der Waals surface area contributed by atoms with Gasteiger partial charge in [0.2, 0.25) is 0 Å². The fraction of sp³-hybridized carbons (Fsp3) is 1.00. The molecule has 0 radical (unpaired) electrons. The van der Waals surface area contributed by atoms with Crippen LogP contribution in [-0.4, -0.2) is 11.0 Å². The van der Waals surface area contributed by atoms with Crippen LogP contribution in [0.2, 0.25) is 0 Å². The van der Waals surface area contributed by atoms with E-state index in [1.54, 1.807) is 0 Å². The van der Waals surface area contributed by atoms with E-state index in [1.165, 1.54) is 116 Å². The van der Waals surface area contributed by atoms with Crippen LogP contribution >= 0.6 is 0 Å². The second-order valence-electron chi connectivity index (χ2n) is 8.54. The maximum Gasteiger partial charge on any atom is 0.0182 e. The molecule has 0 bridgehead atoms. The molecule has 2 heteroatoms. The van der Waals surface area contributed by atoms with E-state index in [-0.39, 0.29) is 11.0 Å². The molecule has 0 aliphatic heterocycles. The fourth-order valence-corrected chi connectivity index (χ4v) is 4.24. The van der Waals surface area contributed by atoms with Crippen LogP contribution < -0.4 is 5.73 Å². The smallest absolute Gasteiger partial charge is 0.0182 e. The van der Waals surface area contributed by atoms with Crippen molar-refractivity contribution in [3.8, 4) is 0 Å². The Bertz CT molecular complexity index is 259. The van der Waals surface area contributed by atoms with Gasteiger partial charge in [-0.3, -0.25) is 0 Å². The molecule has 2 nitrogen and oxygen atoms in total. The summed E-state index contributed by atoms with van der Waals surface area (Å²) in [5, 5.41) is 0. The highest BCUT2D eigenvalue weighted by atomic mass is 16.0. The third-order valence-corrected chi connectivity index (χ3v) is 6.12. The minimum Gasteiger partial charge on any atom is -0.412 e. The Balaban J connectivity index is 0. The van der Waals surface area contributed by atoms with Crippen molar-refractivity contribution in [2.75, 3.05) is 0 Å². The molecular formula is C24H53NO. The molecule has 0 saturated heterocycles. The van der Waals surface area contributed by atoms with E-state index in [1.807, 2.05) is 0 Å². The van der Waals surface area contributed by atoms with Gasteiger partial charge in [-0.05, 0) is 31.6 Å². The molecule has 0 fully saturated rings. The lowest BCUT2D eigenvalue weighted by molar-refractivity contribution is 0.193. The van der Waals surface area contributed by atoms with E-state index < -0.39 is 0 Å². The van der Waals surface area contributed by atoms with Gasteiger partial charge in [0.15, 0.2) is 0 Å². The zero-order chi connectivity index (χ0) is 18.8. The van der Waals surface area contributed by atoms with Gasteiger partial charge in [0.05, 0.1) is 0 Å². The van der Waals surface area contributed by atoms with Gasteiger partial charge in [-0.2, -0.15) is 0 Å². The molecule has 1 atom stereocenters. The van der Waals surface area contributed by atoms with E-state index in [0.29, 0.717) is 0 Å². The van der Waals surface area contributed by atoms with Gasteiger partial charge in [0, 0.05) is 5.54 Å². The second-order valence-corrected chi connectivity index (χ2v) is 8.54. The molecular weight excluding hydrogens is 318 g/mol. The van der Waals surface area contributed by atoms with Gasteiger partial charge in [0.25, 0.3) is 0 Å². The van der Waals surface area contributed by atoms with Gasteiger partial charge in [-0.25, -0.2) is 0 Å². The van der Waals surface area contributed by atoms with Crippen LogP contribution in [0, 0.1) is 5.92 Å². The van der Waals surface area contributed by atoms with Crippen molar-refractivity contribution in [1.29, 1.82) is 0 Å². The maximum absolute atomic E-state index is 7.05. The van der Waals surface area contributed by atoms with Gasteiger partial charge in [0.1, 0.15) is 0 Å². The standard InChI is InChI=1S/C24H51N.H2O/c1-5-9-13-14-15-16-17-18-20-23(19-10-6-2)24(25,21-11-7-3)22-12-8-4;/h23H,5-22,25H2,1-4H3;1H2. The Morgan fingerprint density at radius 2 is 0.923 bits per heavy atom. The lowest BCUT2D eigenvalue weighted by atomic mass is 9.72. The van der Waals surface area contributed by atoms with E-state index in [0.717, 1.165) is 5.92 Å². The number of nitrogens with two attached hydrogens (primary N) is 1. The third-order valence-electron chi connectivity index (χ3n) is 6.12. The molecule has 0 saturated carbocycles. The summed E-state index contributed by atoms with van der Waals surface area (Å²) < 4.78 is 0. The lowest BCUT2D eigenvalue weighted by Crippen LogP contribution is -2.47. The summed E-state index contributed by atoms with van der Waals surface area (Å²) in [5.41, 5.74) is 7.16. The van der Waals surface area contributed by atoms with Crippen LogP contribution in [0.4, 0.5) is 0 Å². The highest BCUT2D eigenvalue weighted by Gasteiger charge is 2.32. The summed E-state index contributed by atoms with van der Waals surface area (Å²) in [4.78, 5) is 0. The predicted molar refractivity (Wildman–Crippen MR) is 120 cm³/mol. The van der Waals surface area contributed by atoms with Crippen molar-refractivity contribution in [3.63, 3.8) is 0 Å². The molecule has 0 heterocycles. The largest absolute Gasteiger partial charge is 0.412 e. The molecule has 0 aromatic carbocycles. The minimum atomic E-state index is 0. The number of hydrogen-bond acceptors (Lipinski definition) is 1. The number of rotatable bonds is 19. The Labute approximate surface area is 166 Å². The average Bonchev–Trinajstić information content (AvgIpc) is 2.62. The minimum absolute atomic E-state index is 0. The summed E-state index contributed by atoms with van der Waals surface area (Å²) >= 11 is 0. The van der Waals surface area contributed by atoms with Crippen LogP contribution in [0.5, 0.6) is 0 Å². The molecule has 0 aliphatic rings. The second kappa shape index (κ2) is 19.7. The third kappa shape index (κ3) is 14.0. The molecule has 0 aromatic heterocycles. The summed E-state index contributed by atoms with van der Waals surface area (Å²) in [6, 6.07) is 0. The van der Waals surface area contributed by atoms with E-state index in [2.05, 4.69) is 27.7 Å². The van der Waals surface area contributed by atoms with E-state index in [9.17, 15) is 0 Å². The Hall–Kier alpha value is -0.0800. The van der Waals surface area contributed by atoms with Crippen molar-refractivity contribution in [1.82, 2.24) is 0 Å². The van der Waals surface area contributed by atoms with Gasteiger partial charge >= 0.3 is 0 Å². The molecule has 160 valence electrons. The quantitative estimate of drug-likeness (QED) is 0.234. The summed E-state index contributed by atoms with van der Waals surface area (Å²) in [7, 11) is 0. The predicted octanol–water partition coefficient (Wildman–Crippen LogP) is 7.58. The molecule has 26 heavy (non-hydrogen) atoms. The molecule has 0 aliphatic carbocycles. The van der Waals surface area contributed by atoms with Gasteiger partial charge in [-0.15, -0.1) is 0 Å². The molecule has 0 rings (SSSR count). The van der Waals surface area contributed by atoms with Crippen LogP contribution in [0.1, 0.15) is 143 Å². The highest BCUT2D eigenvalue weighted by Crippen LogP contribution is 2.34. The first-order valence-corrected chi connectivity index (χ1v) is 11.9. The number of hydrogen-bond donors (Lipinski definition) is 1. The first kappa shape index (κ1) is 28.1. The first-order chi connectivity index (χ1) is 12.1. The molecule has 0 amide bonds. The van der Waals surface area contributed by atoms with Crippen molar-refractivity contribution >= 4 is 0 Å². The van der Waals surface area contributed by atoms with Crippen molar-refractivity contribution in [2.24, 2.45) is 11.7 Å². The normalized spacial score (nSPS) is 12.8. The highest BCUT2D eigenvalue weighted by molar-refractivity contribution is 4.91. The molecule has 0 aromatic rings. The molecule has 1 unspecified atom stereocenters. The zero-order valence-corrected chi connectivity index (χ0v) is 18.9. The fourth-order valence-electron chi connectivity index (χ4n) is 4.24. The number of unbranched alkanes of at least 4 members (excludes halogenated alkanes) is 10. The van der Waals surface area contributed by atoms with E-state index in [4.69, 9.17) is 5.73 Å². The van der Waals surface area contributed by atoms with Gasteiger partial charge < -0.3 is 11.2 Å². The summed E-state index contributed by atoms with van der Waals surface area (Å²) in [6.45, 7) is 9.23. The topological polar surface area (TPSA) is 57.5 Å². The van der Waals surface area contributed by atoms with Crippen molar-refractivity contribution in [2.45, 2.75) is 149 Å². The van der Waals surface area contributed by atoms with Crippen LogP contribution in [0.25, 0.3) is 0 Å². The maximum atomic E-state index is 7.05. The molecule has 4 N–H and O–H groups in total. The average molecular weight is 372 g/mol. The van der Waals surface area contributed by atoms with Crippen LogP contribution in [-0.2, 0) is 0 Å². The summed E-state index contributed by atoms with van der Waals surface area (Å²) in [6.07, 6.45) is 24.4. The van der Waals surface area contributed by atoms with Gasteiger partial charge in [-0.1, -0.05) is 118 Å². The van der Waals surface area contributed by atoms with E-state index >= 15 is 0 Å². The molecule has 0 spiro atoms. The van der Waals surface area contributed by atoms with Crippen molar-refractivity contribution < 1.29 is 5.48 Å². The van der Waals surface area contributed by atoms with Crippen molar-refractivity contribution in [3.05, 3.63) is 0 Å². The monoisotopic (exact) mass is 371 g/mol. The first-order valence-electron chi connectivity index (χ1n) is 11.9. The lowest BCUT2D eigenvalue weighted by Gasteiger charge is -2.39. The Morgan fingerprint density at radius 3 is 1.38 bits per heavy atom. The van der Waals surface area contributed by atoms with Crippen LogP contribution in [0.15, 0.2) is 0 Å². The summed E-state index contributed by atoms with van der Waals surface area (Å²) in [5.74, 6) is 0.755. The Kier molecular flexibility index (Phi) is 21.3. The SMILES string of the molecule is CCCCCCCCCCC(CCCC)C(N)(CCCC)CCCC.O. The zero-order valence-electron chi connectivity index (χ0n) is 18.9. The Morgan fingerprint density at radius 1 is 0.538 bits per heavy atom.